The van der Waals surface area contributed by atoms with Crippen molar-refractivity contribution < 1.29 is 4.74 Å². The van der Waals surface area contributed by atoms with Crippen molar-refractivity contribution in [3.8, 4) is 5.88 Å². The normalized spacial score (nSPS) is 11.4. The van der Waals surface area contributed by atoms with E-state index in [1.165, 1.54) is 0 Å². The highest BCUT2D eigenvalue weighted by Gasteiger charge is 2.05. The molecular formula is C17H28N4O. The number of hydrogen-bond acceptors (Lipinski definition) is 3. The van der Waals surface area contributed by atoms with Crippen LogP contribution in [0.2, 0.25) is 0 Å². The zero-order valence-corrected chi connectivity index (χ0v) is 14.2. The van der Waals surface area contributed by atoms with Crippen LogP contribution in [-0.4, -0.2) is 42.6 Å². The van der Waals surface area contributed by atoms with Gasteiger partial charge in [-0.05, 0) is 32.3 Å². The summed E-state index contributed by atoms with van der Waals surface area (Å²) >= 11 is 0. The Kier molecular flexibility index (Phi) is 8.04. The standard InChI is InChI=1S/C17H28N4O/c1-6-7-8-11-21(5)17(18-4)20-13-15-9-10-16(19-12-15)22-14(2)3/h6,9-10,12,14H,1,7-8,11,13H2,2-5H3,(H,18,20). The quantitative estimate of drug-likeness (QED) is 0.347. The van der Waals surface area contributed by atoms with E-state index in [-0.39, 0.29) is 6.10 Å². The number of hydrogen-bond donors (Lipinski definition) is 1. The third-order valence-electron chi connectivity index (χ3n) is 3.08. The molecule has 0 saturated carbocycles. The van der Waals surface area contributed by atoms with Crippen molar-refractivity contribution in [2.75, 3.05) is 20.6 Å². The number of rotatable bonds is 8. The molecule has 0 saturated heterocycles. The van der Waals surface area contributed by atoms with Gasteiger partial charge in [-0.1, -0.05) is 12.1 Å². The number of nitrogens with one attached hydrogen (secondary N) is 1. The number of aromatic nitrogens is 1. The summed E-state index contributed by atoms with van der Waals surface area (Å²) in [5.74, 6) is 1.54. The second-order valence-corrected chi connectivity index (χ2v) is 5.42. The van der Waals surface area contributed by atoms with E-state index in [1.807, 2.05) is 45.3 Å². The summed E-state index contributed by atoms with van der Waals surface area (Å²) < 4.78 is 5.54. The van der Waals surface area contributed by atoms with Gasteiger partial charge in [0, 0.05) is 39.4 Å². The highest BCUT2D eigenvalue weighted by atomic mass is 16.5. The lowest BCUT2D eigenvalue weighted by Crippen LogP contribution is -2.38. The average molecular weight is 304 g/mol. The summed E-state index contributed by atoms with van der Waals surface area (Å²) in [5, 5.41) is 3.34. The van der Waals surface area contributed by atoms with E-state index >= 15 is 0 Å². The first-order valence-electron chi connectivity index (χ1n) is 7.71. The Balaban J connectivity index is 2.47. The number of guanidine groups is 1. The zero-order chi connectivity index (χ0) is 16.4. The van der Waals surface area contributed by atoms with Crippen molar-refractivity contribution in [2.24, 2.45) is 4.99 Å². The molecule has 1 aromatic heterocycles. The Morgan fingerprint density at radius 2 is 2.27 bits per heavy atom. The number of allylic oxidation sites excluding steroid dienone is 1. The third kappa shape index (κ3) is 6.61. The van der Waals surface area contributed by atoms with E-state index in [9.17, 15) is 0 Å². The second kappa shape index (κ2) is 9.82. The fourth-order valence-electron chi connectivity index (χ4n) is 1.97. The molecule has 0 amide bonds. The van der Waals surface area contributed by atoms with Gasteiger partial charge in [0.15, 0.2) is 5.96 Å². The van der Waals surface area contributed by atoms with Crippen molar-refractivity contribution in [3.63, 3.8) is 0 Å². The molecular weight excluding hydrogens is 276 g/mol. The molecule has 22 heavy (non-hydrogen) atoms. The monoisotopic (exact) mass is 304 g/mol. The number of aliphatic imine (C=N–C) groups is 1. The van der Waals surface area contributed by atoms with E-state index in [2.05, 4.69) is 26.8 Å². The molecule has 0 aliphatic rings. The first-order valence-corrected chi connectivity index (χ1v) is 7.71. The maximum atomic E-state index is 5.54. The van der Waals surface area contributed by atoms with Gasteiger partial charge >= 0.3 is 0 Å². The first-order chi connectivity index (χ1) is 10.6. The predicted molar refractivity (Wildman–Crippen MR) is 92.3 cm³/mol. The molecule has 1 heterocycles. The lowest BCUT2D eigenvalue weighted by molar-refractivity contribution is 0.232. The van der Waals surface area contributed by atoms with Crippen molar-refractivity contribution in [1.29, 1.82) is 0 Å². The lowest BCUT2D eigenvalue weighted by atomic mass is 10.3. The summed E-state index contributed by atoms with van der Waals surface area (Å²) in [4.78, 5) is 10.7. The Labute approximate surface area is 134 Å². The summed E-state index contributed by atoms with van der Waals surface area (Å²) in [5.41, 5.74) is 1.09. The van der Waals surface area contributed by atoms with E-state index < -0.39 is 0 Å². The van der Waals surface area contributed by atoms with Gasteiger partial charge in [0.1, 0.15) is 0 Å². The SMILES string of the molecule is C=CCCCN(C)C(=NC)NCc1ccc(OC(C)C)nc1. The van der Waals surface area contributed by atoms with Crippen LogP contribution in [0.1, 0.15) is 32.3 Å². The van der Waals surface area contributed by atoms with E-state index in [4.69, 9.17) is 4.74 Å². The molecule has 0 bridgehead atoms. The van der Waals surface area contributed by atoms with Crippen LogP contribution in [0.5, 0.6) is 5.88 Å². The highest BCUT2D eigenvalue weighted by Crippen LogP contribution is 2.09. The fourth-order valence-corrected chi connectivity index (χ4v) is 1.97. The minimum atomic E-state index is 0.138. The number of nitrogens with zero attached hydrogens (tertiary/aromatic N) is 3. The largest absolute Gasteiger partial charge is 0.475 e. The second-order valence-electron chi connectivity index (χ2n) is 5.42. The van der Waals surface area contributed by atoms with Crippen molar-refractivity contribution in [2.45, 2.75) is 39.3 Å². The molecule has 1 rings (SSSR count). The number of pyridine rings is 1. The van der Waals surface area contributed by atoms with Gasteiger partial charge in [-0.2, -0.15) is 0 Å². The maximum absolute atomic E-state index is 5.54. The zero-order valence-electron chi connectivity index (χ0n) is 14.2. The van der Waals surface area contributed by atoms with Crippen LogP contribution in [0.3, 0.4) is 0 Å². The molecule has 0 aliphatic carbocycles. The first kappa shape index (κ1) is 18.0. The van der Waals surface area contributed by atoms with Gasteiger partial charge in [-0.3, -0.25) is 4.99 Å². The van der Waals surface area contributed by atoms with Crippen LogP contribution in [0.25, 0.3) is 0 Å². The van der Waals surface area contributed by atoms with Crippen LogP contribution < -0.4 is 10.1 Å². The number of unbranched alkanes of at least 4 members (excludes halogenated alkanes) is 1. The average Bonchev–Trinajstić information content (AvgIpc) is 2.49. The van der Waals surface area contributed by atoms with Crippen LogP contribution in [0.4, 0.5) is 0 Å². The van der Waals surface area contributed by atoms with Crippen LogP contribution >= 0.6 is 0 Å². The maximum Gasteiger partial charge on any atom is 0.213 e. The Morgan fingerprint density at radius 3 is 2.82 bits per heavy atom. The summed E-state index contributed by atoms with van der Waals surface area (Å²) in [6.07, 6.45) is 6.00. The lowest BCUT2D eigenvalue weighted by Gasteiger charge is -2.21. The van der Waals surface area contributed by atoms with Gasteiger partial charge < -0.3 is 15.0 Å². The molecule has 1 aromatic rings. The van der Waals surface area contributed by atoms with Gasteiger partial charge in [0.05, 0.1) is 6.10 Å². The number of ether oxygens (including phenoxy) is 1. The van der Waals surface area contributed by atoms with E-state index in [0.717, 1.165) is 30.9 Å². The Bertz CT molecular complexity index is 468. The van der Waals surface area contributed by atoms with Crippen molar-refractivity contribution >= 4 is 5.96 Å². The third-order valence-corrected chi connectivity index (χ3v) is 3.08. The smallest absolute Gasteiger partial charge is 0.213 e. The van der Waals surface area contributed by atoms with Gasteiger partial charge in [-0.15, -0.1) is 6.58 Å². The molecule has 0 fully saturated rings. The molecule has 0 spiro atoms. The van der Waals surface area contributed by atoms with Gasteiger partial charge in [-0.25, -0.2) is 4.98 Å². The molecule has 0 aliphatic heterocycles. The molecule has 0 radical (unpaired) electrons. The fraction of sp³-hybridized carbons (Fsp3) is 0.529. The highest BCUT2D eigenvalue weighted by molar-refractivity contribution is 5.79. The van der Waals surface area contributed by atoms with Crippen molar-refractivity contribution in [3.05, 3.63) is 36.5 Å². The molecule has 5 nitrogen and oxygen atoms in total. The van der Waals surface area contributed by atoms with Gasteiger partial charge in [0.2, 0.25) is 5.88 Å². The Hall–Kier alpha value is -2.04. The Morgan fingerprint density at radius 1 is 1.50 bits per heavy atom. The molecule has 0 unspecified atom stereocenters. The van der Waals surface area contributed by atoms with Gasteiger partial charge in [0.25, 0.3) is 0 Å². The van der Waals surface area contributed by atoms with E-state index in [0.29, 0.717) is 12.4 Å². The summed E-state index contributed by atoms with van der Waals surface area (Å²) in [6, 6.07) is 3.91. The molecule has 1 N–H and O–H groups in total. The van der Waals surface area contributed by atoms with Crippen LogP contribution in [0, 0.1) is 0 Å². The molecule has 0 aromatic carbocycles. The molecule has 5 heteroatoms. The summed E-state index contributed by atoms with van der Waals surface area (Å²) in [6.45, 7) is 9.36. The summed E-state index contributed by atoms with van der Waals surface area (Å²) in [7, 11) is 3.83. The molecule has 0 atom stereocenters. The minimum absolute atomic E-state index is 0.138. The molecule has 122 valence electrons. The minimum Gasteiger partial charge on any atom is -0.475 e. The van der Waals surface area contributed by atoms with E-state index in [1.54, 1.807) is 7.05 Å². The van der Waals surface area contributed by atoms with Crippen LogP contribution in [0.15, 0.2) is 36.0 Å². The predicted octanol–water partition coefficient (Wildman–Crippen LogP) is 2.84. The van der Waals surface area contributed by atoms with Crippen LogP contribution in [-0.2, 0) is 6.54 Å². The topological polar surface area (TPSA) is 49.8 Å². The van der Waals surface area contributed by atoms with Crippen molar-refractivity contribution in [1.82, 2.24) is 15.2 Å².